The number of hydrogen-bond acceptors (Lipinski definition) is 1. The third-order valence-electron chi connectivity index (χ3n) is 5.10. The minimum atomic E-state index is 1.01. The van der Waals surface area contributed by atoms with Crippen LogP contribution in [0.5, 0.6) is 0 Å². The predicted molar refractivity (Wildman–Crippen MR) is 103 cm³/mol. The second kappa shape index (κ2) is 6.16. The first-order valence-corrected chi connectivity index (χ1v) is 8.71. The maximum absolute atomic E-state index is 2.53. The number of anilines is 1. The van der Waals surface area contributed by atoms with Gasteiger partial charge in [-0.25, -0.2) is 0 Å². The SMILES string of the molecule is Cc1ccc2c(c1)CCN(c1cccc(-c3ccccc3)c1C)C2. The summed E-state index contributed by atoms with van der Waals surface area (Å²) in [6, 6.07) is 24.3. The number of hydrogen-bond donors (Lipinski definition) is 0. The van der Waals surface area contributed by atoms with Crippen LogP contribution in [-0.4, -0.2) is 6.54 Å². The lowest BCUT2D eigenvalue weighted by molar-refractivity contribution is 0.729. The Morgan fingerprint density at radius 2 is 1.62 bits per heavy atom. The molecule has 0 fully saturated rings. The lowest BCUT2D eigenvalue weighted by Crippen LogP contribution is -2.31. The lowest BCUT2D eigenvalue weighted by atomic mass is 9.95. The first-order valence-electron chi connectivity index (χ1n) is 8.71. The van der Waals surface area contributed by atoms with Crippen molar-refractivity contribution < 1.29 is 0 Å². The second-order valence-electron chi connectivity index (χ2n) is 6.76. The summed E-state index contributed by atoms with van der Waals surface area (Å²) in [5.41, 5.74) is 9.72. The van der Waals surface area contributed by atoms with Crippen LogP contribution >= 0.6 is 0 Å². The largest absolute Gasteiger partial charge is 0.367 e. The number of rotatable bonds is 2. The van der Waals surface area contributed by atoms with Gasteiger partial charge in [0.2, 0.25) is 0 Å². The molecule has 1 nitrogen and oxygen atoms in total. The summed E-state index contributed by atoms with van der Waals surface area (Å²) in [4.78, 5) is 2.53. The molecule has 4 rings (SSSR count). The highest BCUT2D eigenvalue weighted by molar-refractivity contribution is 5.74. The van der Waals surface area contributed by atoms with Gasteiger partial charge in [-0.1, -0.05) is 66.2 Å². The van der Waals surface area contributed by atoms with Crippen LogP contribution in [0.4, 0.5) is 5.69 Å². The van der Waals surface area contributed by atoms with Crippen molar-refractivity contribution in [1.29, 1.82) is 0 Å². The Morgan fingerprint density at radius 3 is 2.46 bits per heavy atom. The highest BCUT2D eigenvalue weighted by atomic mass is 15.1. The van der Waals surface area contributed by atoms with Crippen molar-refractivity contribution in [2.75, 3.05) is 11.4 Å². The summed E-state index contributed by atoms with van der Waals surface area (Å²) >= 11 is 0. The first kappa shape index (κ1) is 15.0. The van der Waals surface area contributed by atoms with Gasteiger partial charge in [0.1, 0.15) is 0 Å². The molecule has 0 saturated carbocycles. The van der Waals surface area contributed by atoms with Crippen LogP contribution in [0.1, 0.15) is 22.3 Å². The molecule has 1 aliphatic rings. The summed E-state index contributed by atoms with van der Waals surface area (Å²) in [6.45, 7) is 6.53. The van der Waals surface area contributed by atoms with Gasteiger partial charge in [-0.05, 0) is 54.2 Å². The van der Waals surface area contributed by atoms with E-state index in [-0.39, 0.29) is 0 Å². The Hall–Kier alpha value is -2.54. The second-order valence-corrected chi connectivity index (χ2v) is 6.76. The molecule has 3 aromatic carbocycles. The average Bonchev–Trinajstić information content (AvgIpc) is 2.62. The summed E-state index contributed by atoms with van der Waals surface area (Å²) in [5, 5.41) is 0. The zero-order valence-electron chi connectivity index (χ0n) is 14.4. The third-order valence-corrected chi connectivity index (χ3v) is 5.10. The minimum Gasteiger partial charge on any atom is -0.367 e. The van der Waals surface area contributed by atoms with E-state index in [1.54, 1.807) is 0 Å². The van der Waals surface area contributed by atoms with E-state index >= 15 is 0 Å². The number of benzene rings is 3. The van der Waals surface area contributed by atoms with Crippen LogP contribution in [0.2, 0.25) is 0 Å². The smallest absolute Gasteiger partial charge is 0.0432 e. The van der Waals surface area contributed by atoms with Crippen LogP contribution in [0.15, 0.2) is 66.7 Å². The minimum absolute atomic E-state index is 1.01. The molecule has 0 bridgehead atoms. The van der Waals surface area contributed by atoms with Crippen molar-refractivity contribution in [2.24, 2.45) is 0 Å². The fourth-order valence-corrected chi connectivity index (χ4v) is 3.78. The third kappa shape index (κ3) is 2.71. The molecule has 24 heavy (non-hydrogen) atoms. The first-order chi connectivity index (χ1) is 11.7. The van der Waals surface area contributed by atoms with Crippen LogP contribution in [0, 0.1) is 13.8 Å². The van der Waals surface area contributed by atoms with Gasteiger partial charge < -0.3 is 4.90 Å². The van der Waals surface area contributed by atoms with Crippen molar-refractivity contribution >= 4 is 5.69 Å². The van der Waals surface area contributed by atoms with E-state index in [9.17, 15) is 0 Å². The van der Waals surface area contributed by atoms with Crippen molar-refractivity contribution in [1.82, 2.24) is 0 Å². The molecular weight excluding hydrogens is 290 g/mol. The van der Waals surface area contributed by atoms with Crippen LogP contribution < -0.4 is 4.90 Å². The molecule has 1 heterocycles. The Labute approximate surface area is 144 Å². The fraction of sp³-hybridized carbons (Fsp3) is 0.217. The van der Waals surface area contributed by atoms with Gasteiger partial charge in [0.05, 0.1) is 0 Å². The standard InChI is InChI=1S/C23H23N/c1-17-11-12-21-16-24(14-13-20(21)15-17)23-10-6-9-22(18(23)2)19-7-4-3-5-8-19/h3-12,15H,13-14,16H2,1-2H3. The van der Waals surface area contributed by atoms with Gasteiger partial charge in [-0.15, -0.1) is 0 Å². The molecule has 1 heteroatoms. The molecule has 0 radical (unpaired) electrons. The van der Waals surface area contributed by atoms with Gasteiger partial charge in [-0.2, -0.15) is 0 Å². The maximum atomic E-state index is 2.53. The van der Waals surface area contributed by atoms with E-state index in [1.807, 2.05) is 0 Å². The molecule has 0 unspecified atom stereocenters. The number of fused-ring (bicyclic) bond motifs is 1. The molecule has 1 aliphatic heterocycles. The van der Waals surface area contributed by atoms with Crippen LogP contribution in [0.25, 0.3) is 11.1 Å². The van der Waals surface area contributed by atoms with Gasteiger partial charge in [0.15, 0.2) is 0 Å². The average molecular weight is 313 g/mol. The molecule has 120 valence electrons. The molecule has 0 N–H and O–H groups in total. The maximum Gasteiger partial charge on any atom is 0.0432 e. The summed E-state index contributed by atoms with van der Waals surface area (Å²) in [7, 11) is 0. The lowest BCUT2D eigenvalue weighted by Gasteiger charge is -2.32. The highest BCUT2D eigenvalue weighted by Gasteiger charge is 2.19. The van der Waals surface area contributed by atoms with E-state index in [2.05, 4.69) is 85.5 Å². The Bertz CT molecular complexity index is 864. The number of nitrogens with zero attached hydrogens (tertiary/aromatic N) is 1. The zero-order chi connectivity index (χ0) is 16.5. The Kier molecular flexibility index (Phi) is 3.86. The van der Waals surface area contributed by atoms with Crippen LogP contribution in [0.3, 0.4) is 0 Å². The number of aryl methyl sites for hydroxylation is 1. The van der Waals surface area contributed by atoms with Crippen LogP contribution in [-0.2, 0) is 13.0 Å². The van der Waals surface area contributed by atoms with E-state index in [0.29, 0.717) is 0 Å². The molecule has 0 saturated heterocycles. The topological polar surface area (TPSA) is 3.24 Å². The summed E-state index contributed by atoms with van der Waals surface area (Å²) in [5.74, 6) is 0. The summed E-state index contributed by atoms with van der Waals surface area (Å²) in [6.07, 6.45) is 1.13. The molecule has 0 atom stereocenters. The van der Waals surface area contributed by atoms with Crippen molar-refractivity contribution in [3.8, 4) is 11.1 Å². The molecule has 0 amide bonds. The van der Waals surface area contributed by atoms with E-state index < -0.39 is 0 Å². The summed E-state index contributed by atoms with van der Waals surface area (Å²) < 4.78 is 0. The van der Waals surface area contributed by atoms with Crippen molar-refractivity contribution in [3.63, 3.8) is 0 Å². The van der Waals surface area contributed by atoms with E-state index in [0.717, 1.165) is 19.5 Å². The monoisotopic (exact) mass is 313 g/mol. The molecule has 0 aromatic heterocycles. The van der Waals surface area contributed by atoms with Crippen molar-refractivity contribution in [3.05, 3.63) is 89.0 Å². The van der Waals surface area contributed by atoms with E-state index in [4.69, 9.17) is 0 Å². The molecule has 0 spiro atoms. The zero-order valence-corrected chi connectivity index (χ0v) is 14.4. The highest BCUT2D eigenvalue weighted by Crippen LogP contribution is 2.33. The van der Waals surface area contributed by atoms with Gasteiger partial charge in [0, 0.05) is 18.8 Å². The normalized spacial score (nSPS) is 13.7. The Balaban J connectivity index is 1.69. The molecule has 3 aromatic rings. The van der Waals surface area contributed by atoms with Crippen molar-refractivity contribution in [2.45, 2.75) is 26.8 Å². The fourth-order valence-electron chi connectivity index (χ4n) is 3.78. The Morgan fingerprint density at radius 1 is 0.792 bits per heavy atom. The van der Waals surface area contributed by atoms with E-state index in [1.165, 1.54) is 39.1 Å². The predicted octanol–water partition coefficient (Wildman–Crippen LogP) is 5.53. The quantitative estimate of drug-likeness (QED) is 0.601. The molecule has 0 aliphatic carbocycles. The van der Waals surface area contributed by atoms with Gasteiger partial charge in [0.25, 0.3) is 0 Å². The molecular formula is C23H23N. The van der Waals surface area contributed by atoms with Gasteiger partial charge in [-0.3, -0.25) is 0 Å². The van der Waals surface area contributed by atoms with Gasteiger partial charge >= 0.3 is 0 Å².